The van der Waals surface area contributed by atoms with Gasteiger partial charge in [0, 0.05) is 39.1 Å². The zero-order valence-corrected chi connectivity index (χ0v) is 35.7. The van der Waals surface area contributed by atoms with Crippen molar-refractivity contribution >= 4 is 21.8 Å². The maximum Gasteiger partial charge on any atom is 0.164 e. The molecule has 1 atom stereocenters. The van der Waals surface area contributed by atoms with Gasteiger partial charge in [-0.25, -0.2) is 15.0 Å². The van der Waals surface area contributed by atoms with E-state index >= 15 is 0 Å². The molecule has 0 aliphatic heterocycles. The van der Waals surface area contributed by atoms with Gasteiger partial charge in [-0.1, -0.05) is 183 Å². The number of hydrogen-bond donors (Lipinski definition) is 0. The molecule has 1 unspecified atom stereocenters. The minimum atomic E-state index is 0.256. The van der Waals surface area contributed by atoms with Gasteiger partial charge < -0.3 is 4.57 Å². The van der Waals surface area contributed by atoms with Gasteiger partial charge in [0.05, 0.1) is 11.0 Å². The fourth-order valence-corrected chi connectivity index (χ4v) is 9.15. The smallest absolute Gasteiger partial charge is 0.164 e. The molecule has 0 aliphatic rings. The fraction of sp³-hybridized carbons (Fsp3) is 0.0500. The van der Waals surface area contributed by atoms with Gasteiger partial charge >= 0.3 is 0 Å². The first kappa shape index (κ1) is 38.7. The molecule has 9 aromatic carbocycles. The highest BCUT2D eigenvalue weighted by Crippen LogP contribution is 2.40. The predicted octanol–water partition coefficient (Wildman–Crippen LogP) is 15.4. The first-order valence-electron chi connectivity index (χ1n) is 21.9. The lowest BCUT2D eigenvalue weighted by Gasteiger charge is -2.19. The Morgan fingerprint density at radius 1 is 0.359 bits per heavy atom. The third-order valence-electron chi connectivity index (χ3n) is 12.5. The summed E-state index contributed by atoms with van der Waals surface area (Å²) in [7, 11) is 0. The molecule has 0 bridgehead atoms. The van der Waals surface area contributed by atoms with Crippen molar-refractivity contribution in [2.24, 2.45) is 0 Å². The van der Waals surface area contributed by atoms with Gasteiger partial charge in [-0.05, 0) is 106 Å². The van der Waals surface area contributed by atoms with E-state index in [2.05, 4.69) is 182 Å². The summed E-state index contributed by atoms with van der Waals surface area (Å²) in [5, 5.41) is 2.39. The van der Waals surface area contributed by atoms with Crippen molar-refractivity contribution in [2.45, 2.75) is 19.8 Å². The largest absolute Gasteiger partial charge is 0.309 e. The maximum atomic E-state index is 5.03. The Balaban J connectivity index is 1.03. The van der Waals surface area contributed by atoms with Crippen LogP contribution in [-0.4, -0.2) is 19.5 Å². The second-order valence-corrected chi connectivity index (χ2v) is 16.5. The molecule has 0 amide bonds. The second-order valence-electron chi connectivity index (χ2n) is 16.5. The molecule has 11 rings (SSSR count). The molecule has 11 aromatic rings. The number of rotatable bonds is 9. The Kier molecular flexibility index (Phi) is 10.0. The van der Waals surface area contributed by atoms with Gasteiger partial charge in [-0.2, -0.15) is 0 Å². The molecule has 2 heterocycles. The van der Waals surface area contributed by atoms with Crippen LogP contribution in [0.1, 0.15) is 29.5 Å². The van der Waals surface area contributed by atoms with Crippen LogP contribution in [0.15, 0.2) is 224 Å². The van der Waals surface area contributed by atoms with Gasteiger partial charge in [0.15, 0.2) is 17.5 Å². The quantitative estimate of drug-likeness (QED) is 0.146. The fourth-order valence-electron chi connectivity index (χ4n) is 9.15. The van der Waals surface area contributed by atoms with E-state index < -0.39 is 0 Å². The van der Waals surface area contributed by atoms with Crippen LogP contribution in [0, 0.1) is 6.92 Å². The van der Waals surface area contributed by atoms with Crippen molar-refractivity contribution in [3.63, 3.8) is 0 Å². The van der Waals surface area contributed by atoms with Crippen LogP contribution in [0.3, 0.4) is 0 Å². The van der Waals surface area contributed by atoms with Crippen molar-refractivity contribution in [1.82, 2.24) is 19.5 Å². The van der Waals surface area contributed by atoms with Crippen molar-refractivity contribution in [1.29, 1.82) is 0 Å². The van der Waals surface area contributed by atoms with Gasteiger partial charge in [0.1, 0.15) is 0 Å². The SMILES string of the molecule is Cc1ccc(-c2ccc3c(c2)c2cc(-c4cccc(-c5nc(-c6ccccc6)nc(-c6ccccc6)n5)c4)ccc2n3-c2ccccc2)cc1-c1ccccc1C(C)c1ccccc1. The van der Waals surface area contributed by atoms with Crippen LogP contribution in [0.2, 0.25) is 0 Å². The molecule has 2 aromatic heterocycles. The van der Waals surface area contributed by atoms with Crippen LogP contribution in [-0.2, 0) is 0 Å². The summed E-state index contributed by atoms with van der Waals surface area (Å²) in [5.41, 5.74) is 17.3. The number of benzene rings is 9. The lowest BCUT2D eigenvalue weighted by molar-refractivity contribution is 0.924. The number of fused-ring (bicyclic) bond motifs is 3. The summed E-state index contributed by atoms with van der Waals surface area (Å²) < 4.78 is 2.39. The summed E-state index contributed by atoms with van der Waals surface area (Å²) in [6, 6.07) is 79.9. The molecule has 0 fully saturated rings. The van der Waals surface area contributed by atoms with E-state index in [1.807, 2.05) is 60.7 Å². The van der Waals surface area contributed by atoms with E-state index in [1.54, 1.807) is 0 Å². The molecule has 0 radical (unpaired) electrons. The number of hydrogen-bond acceptors (Lipinski definition) is 3. The molecule has 0 N–H and O–H groups in total. The maximum absolute atomic E-state index is 5.03. The Bertz CT molecular complexity index is 3390. The van der Waals surface area contributed by atoms with E-state index in [0.29, 0.717) is 17.5 Å². The molecular weight excluding hydrogens is 777 g/mol. The molecule has 0 spiro atoms. The lowest BCUT2D eigenvalue weighted by atomic mass is 9.85. The summed E-state index contributed by atoms with van der Waals surface area (Å²) >= 11 is 0. The summed E-state index contributed by atoms with van der Waals surface area (Å²) in [6.07, 6.45) is 0. The zero-order valence-electron chi connectivity index (χ0n) is 35.7. The predicted molar refractivity (Wildman–Crippen MR) is 265 cm³/mol. The van der Waals surface area contributed by atoms with E-state index in [0.717, 1.165) is 44.5 Å². The minimum Gasteiger partial charge on any atom is -0.309 e. The number of aryl methyl sites for hydroxylation is 1. The van der Waals surface area contributed by atoms with Crippen LogP contribution >= 0.6 is 0 Å². The molecule has 0 aliphatic carbocycles. The molecular formula is C60H44N4. The lowest BCUT2D eigenvalue weighted by Crippen LogP contribution is -2.00. The Morgan fingerprint density at radius 3 is 1.42 bits per heavy atom. The van der Waals surface area contributed by atoms with Gasteiger partial charge in [-0.15, -0.1) is 0 Å². The Labute approximate surface area is 373 Å². The third kappa shape index (κ3) is 7.25. The molecule has 64 heavy (non-hydrogen) atoms. The topological polar surface area (TPSA) is 43.6 Å². The highest BCUT2D eigenvalue weighted by atomic mass is 15.0. The minimum absolute atomic E-state index is 0.256. The number of aromatic nitrogens is 4. The molecule has 304 valence electrons. The van der Waals surface area contributed by atoms with E-state index in [1.165, 1.54) is 49.7 Å². The normalized spacial score (nSPS) is 11.8. The van der Waals surface area contributed by atoms with Gasteiger partial charge in [0.25, 0.3) is 0 Å². The highest BCUT2D eigenvalue weighted by Gasteiger charge is 2.19. The molecule has 4 nitrogen and oxygen atoms in total. The summed E-state index contributed by atoms with van der Waals surface area (Å²) in [6.45, 7) is 4.53. The van der Waals surface area contributed by atoms with Crippen LogP contribution in [0.25, 0.3) is 95.0 Å². The van der Waals surface area contributed by atoms with Crippen LogP contribution in [0.5, 0.6) is 0 Å². The highest BCUT2D eigenvalue weighted by molar-refractivity contribution is 6.11. The molecule has 4 heteroatoms. The number of nitrogens with zero attached hydrogens (tertiary/aromatic N) is 4. The average molecular weight is 821 g/mol. The Morgan fingerprint density at radius 2 is 0.812 bits per heavy atom. The zero-order chi connectivity index (χ0) is 43.0. The van der Waals surface area contributed by atoms with Crippen molar-refractivity contribution in [3.05, 3.63) is 241 Å². The van der Waals surface area contributed by atoms with E-state index in [9.17, 15) is 0 Å². The number of para-hydroxylation sites is 1. The standard InChI is InChI=1S/C60H44N4/c1-40-30-31-46(37-53(40)52-29-16-15-28-51(52)41(2)42-18-7-3-8-19-42)48-33-35-57-55(39-48)54-38-47(32-34-56(54)64(57)50-26-13-6-14-27-50)45-24-17-25-49(36-45)60-62-58(43-20-9-4-10-21-43)61-59(63-60)44-22-11-5-12-23-44/h3-39,41H,1-2H3. The van der Waals surface area contributed by atoms with Crippen molar-refractivity contribution in [2.75, 3.05) is 0 Å². The average Bonchev–Trinajstić information content (AvgIpc) is 3.70. The van der Waals surface area contributed by atoms with Gasteiger partial charge in [0.2, 0.25) is 0 Å². The first-order valence-corrected chi connectivity index (χ1v) is 21.9. The van der Waals surface area contributed by atoms with E-state index in [-0.39, 0.29) is 5.92 Å². The molecule has 0 saturated heterocycles. The van der Waals surface area contributed by atoms with Gasteiger partial charge in [-0.3, -0.25) is 0 Å². The summed E-state index contributed by atoms with van der Waals surface area (Å²) in [4.78, 5) is 15.0. The van der Waals surface area contributed by atoms with Crippen molar-refractivity contribution < 1.29 is 0 Å². The van der Waals surface area contributed by atoms with E-state index in [4.69, 9.17) is 15.0 Å². The summed E-state index contributed by atoms with van der Waals surface area (Å²) in [5.74, 6) is 2.18. The van der Waals surface area contributed by atoms with Crippen LogP contribution in [0.4, 0.5) is 0 Å². The first-order chi connectivity index (χ1) is 31.6. The molecule has 0 saturated carbocycles. The second kappa shape index (κ2) is 16.6. The van der Waals surface area contributed by atoms with Crippen LogP contribution < -0.4 is 0 Å². The van der Waals surface area contributed by atoms with Crippen molar-refractivity contribution in [3.8, 4) is 73.2 Å². The third-order valence-corrected chi connectivity index (χ3v) is 12.5. The Hall–Kier alpha value is -8.21. The monoisotopic (exact) mass is 820 g/mol.